The van der Waals surface area contributed by atoms with Crippen LogP contribution in [0, 0.1) is 6.92 Å². The van der Waals surface area contributed by atoms with Gasteiger partial charge in [0.1, 0.15) is 16.3 Å². The van der Waals surface area contributed by atoms with Crippen LogP contribution in [0.15, 0.2) is 58.1 Å². The molecule has 0 aliphatic carbocycles. The van der Waals surface area contributed by atoms with E-state index < -0.39 is 35.7 Å². The zero-order valence-corrected chi connectivity index (χ0v) is 20.3. The highest BCUT2D eigenvalue weighted by Crippen LogP contribution is 2.37. The number of nitrogens with zero attached hydrogens (tertiary/aromatic N) is 1. The second kappa shape index (κ2) is 9.23. The number of aliphatic hydroxyl groups is 2. The third kappa shape index (κ3) is 5.08. The number of hydrogen-bond donors (Lipinski definition) is 3. The minimum absolute atomic E-state index is 0.0479. The molecule has 2 aromatic carbocycles. The molecule has 1 atom stereocenters. The van der Waals surface area contributed by atoms with Crippen LogP contribution in [0.5, 0.6) is 11.5 Å². The number of fused-ring (bicyclic) bond motifs is 1. The fourth-order valence-corrected chi connectivity index (χ4v) is 5.05. The van der Waals surface area contributed by atoms with Crippen molar-refractivity contribution in [2.24, 2.45) is 0 Å². The van der Waals surface area contributed by atoms with Gasteiger partial charge in [-0.2, -0.15) is 13.2 Å². The van der Waals surface area contributed by atoms with Gasteiger partial charge in [-0.25, -0.2) is 4.79 Å². The first-order chi connectivity index (χ1) is 16.8. The third-order valence-electron chi connectivity index (χ3n) is 5.71. The lowest BCUT2D eigenvalue weighted by atomic mass is 9.99. The summed E-state index contributed by atoms with van der Waals surface area (Å²) in [6.07, 6.45) is -7.68. The smallest absolute Gasteiger partial charge is 0.416 e. The van der Waals surface area contributed by atoms with Gasteiger partial charge < -0.3 is 14.9 Å². The summed E-state index contributed by atoms with van der Waals surface area (Å²) in [6.45, 7) is 3.98. The molecule has 0 saturated heterocycles. The van der Waals surface area contributed by atoms with Crippen molar-refractivity contribution < 1.29 is 28.1 Å². The lowest BCUT2D eigenvalue weighted by Gasteiger charge is -2.17. The summed E-state index contributed by atoms with van der Waals surface area (Å²) in [5, 5.41) is 19.7. The highest BCUT2D eigenvalue weighted by atomic mass is 32.1. The number of benzene rings is 2. The number of H-pyrrole nitrogens is 1. The SMILES string of the molecule is Cc1c(-c2ccc(Oc3ccc(C(C)(C)O)cc3)cc2)sc2c1c(=O)[nH]c(=O)n2C[C@@H](O)C(F)(F)F. The van der Waals surface area contributed by atoms with Gasteiger partial charge in [0.05, 0.1) is 17.5 Å². The van der Waals surface area contributed by atoms with Gasteiger partial charge in [0, 0.05) is 4.88 Å². The Morgan fingerprint density at radius 2 is 1.58 bits per heavy atom. The molecule has 2 aromatic heterocycles. The maximum atomic E-state index is 12.9. The fourth-order valence-electron chi connectivity index (χ4n) is 3.73. The summed E-state index contributed by atoms with van der Waals surface area (Å²) in [6, 6.07) is 13.9. The number of aromatic amines is 1. The molecular formula is C25H23F3N2O5S. The van der Waals surface area contributed by atoms with Crippen LogP contribution in [-0.4, -0.2) is 32.0 Å². The zero-order valence-electron chi connectivity index (χ0n) is 19.5. The van der Waals surface area contributed by atoms with Crippen molar-refractivity contribution >= 4 is 21.6 Å². The number of hydrogen-bond acceptors (Lipinski definition) is 6. The maximum Gasteiger partial charge on any atom is 0.416 e. The Balaban J connectivity index is 1.66. The van der Waals surface area contributed by atoms with Crippen LogP contribution in [0.2, 0.25) is 0 Å². The van der Waals surface area contributed by atoms with Gasteiger partial charge in [-0.05, 0) is 73.9 Å². The highest BCUT2D eigenvalue weighted by molar-refractivity contribution is 7.22. The Morgan fingerprint density at radius 3 is 2.11 bits per heavy atom. The number of thiophene rings is 1. The minimum atomic E-state index is -4.92. The van der Waals surface area contributed by atoms with Crippen LogP contribution >= 0.6 is 11.3 Å². The number of aliphatic hydroxyl groups excluding tert-OH is 1. The van der Waals surface area contributed by atoms with Crippen LogP contribution < -0.4 is 16.0 Å². The van der Waals surface area contributed by atoms with Crippen LogP contribution in [-0.2, 0) is 12.1 Å². The second-order valence-electron chi connectivity index (χ2n) is 8.87. The molecule has 2 heterocycles. The number of ether oxygens (including phenoxy) is 1. The summed E-state index contributed by atoms with van der Waals surface area (Å²) in [7, 11) is 0. The van der Waals surface area contributed by atoms with Crippen molar-refractivity contribution in [3.05, 3.63) is 80.5 Å². The molecule has 36 heavy (non-hydrogen) atoms. The van der Waals surface area contributed by atoms with Crippen molar-refractivity contribution in [1.29, 1.82) is 0 Å². The monoisotopic (exact) mass is 520 g/mol. The van der Waals surface area contributed by atoms with Crippen molar-refractivity contribution in [3.8, 4) is 21.9 Å². The number of halogens is 3. The van der Waals surface area contributed by atoms with Crippen molar-refractivity contribution in [1.82, 2.24) is 9.55 Å². The van der Waals surface area contributed by atoms with Gasteiger partial charge in [-0.3, -0.25) is 14.3 Å². The van der Waals surface area contributed by atoms with Crippen molar-refractivity contribution in [2.45, 2.75) is 45.2 Å². The van der Waals surface area contributed by atoms with E-state index in [0.717, 1.165) is 21.5 Å². The molecule has 4 rings (SSSR count). The molecular weight excluding hydrogens is 497 g/mol. The Hall–Kier alpha value is -3.41. The molecule has 7 nitrogen and oxygen atoms in total. The fraction of sp³-hybridized carbons (Fsp3) is 0.280. The van der Waals surface area contributed by atoms with Gasteiger partial charge in [0.2, 0.25) is 0 Å². The van der Waals surface area contributed by atoms with E-state index in [0.29, 0.717) is 27.5 Å². The summed E-state index contributed by atoms with van der Waals surface area (Å²) < 4.78 is 45.3. The largest absolute Gasteiger partial charge is 0.457 e. The van der Waals surface area contributed by atoms with Gasteiger partial charge in [0.25, 0.3) is 5.56 Å². The van der Waals surface area contributed by atoms with Crippen molar-refractivity contribution in [2.75, 3.05) is 0 Å². The normalized spacial score (nSPS) is 13.2. The summed E-state index contributed by atoms with van der Waals surface area (Å²) in [5.74, 6) is 1.09. The van der Waals surface area contributed by atoms with Crippen LogP contribution in [0.3, 0.4) is 0 Å². The molecule has 190 valence electrons. The molecule has 0 bridgehead atoms. The molecule has 0 aliphatic heterocycles. The molecule has 11 heteroatoms. The average molecular weight is 521 g/mol. The van der Waals surface area contributed by atoms with Crippen LogP contribution in [0.1, 0.15) is 25.0 Å². The van der Waals surface area contributed by atoms with E-state index in [1.807, 2.05) is 4.98 Å². The summed E-state index contributed by atoms with van der Waals surface area (Å²) in [4.78, 5) is 27.4. The summed E-state index contributed by atoms with van der Waals surface area (Å²) in [5.41, 5.74) is -0.790. The number of aryl methyl sites for hydroxylation is 1. The third-order valence-corrected chi connectivity index (χ3v) is 7.08. The van der Waals surface area contributed by atoms with Gasteiger partial charge >= 0.3 is 11.9 Å². The predicted octanol–water partition coefficient (Wildman–Crippen LogP) is 4.67. The molecule has 3 N–H and O–H groups in total. The van der Waals surface area contributed by atoms with Gasteiger partial charge in [0.15, 0.2) is 6.10 Å². The molecule has 0 spiro atoms. The van der Waals surface area contributed by atoms with Gasteiger partial charge in [-0.15, -0.1) is 11.3 Å². The number of alkyl halides is 3. The van der Waals surface area contributed by atoms with Crippen molar-refractivity contribution in [3.63, 3.8) is 0 Å². The second-order valence-corrected chi connectivity index (χ2v) is 9.87. The lowest BCUT2D eigenvalue weighted by molar-refractivity contribution is -0.207. The van der Waals surface area contributed by atoms with E-state index in [4.69, 9.17) is 4.74 Å². The van der Waals surface area contributed by atoms with E-state index in [9.17, 15) is 33.0 Å². The van der Waals surface area contributed by atoms with Crippen LogP contribution in [0.4, 0.5) is 13.2 Å². The zero-order chi connectivity index (χ0) is 26.4. The Kier molecular flexibility index (Phi) is 6.58. The van der Waals surface area contributed by atoms with E-state index in [2.05, 4.69) is 0 Å². The molecule has 0 fully saturated rings. The standard InChI is InChI=1S/C25H23F3N2O5S/c1-13-19-21(32)29-23(33)30(12-18(31)25(26,27)28)22(19)36-20(13)14-4-8-16(9-5-14)35-17-10-6-15(7-11-17)24(2,3)34/h4-11,18,31,34H,12H2,1-3H3,(H,29,32,33)/t18-/m1/s1. The first kappa shape index (κ1) is 25.7. The molecule has 0 aliphatic rings. The molecule has 0 radical (unpaired) electrons. The number of rotatable bonds is 6. The lowest BCUT2D eigenvalue weighted by Crippen LogP contribution is -2.38. The van der Waals surface area contributed by atoms with E-state index in [-0.39, 0.29) is 10.2 Å². The van der Waals surface area contributed by atoms with E-state index >= 15 is 0 Å². The number of aromatic nitrogens is 2. The summed E-state index contributed by atoms with van der Waals surface area (Å²) >= 11 is 0.998. The van der Waals surface area contributed by atoms with Crippen LogP contribution in [0.25, 0.3) is 20.7 Å². The molecule has 4 aromatic rings. The maximum absolute atomic E-state index is 12.9. The quantitative estimate of drug-likeness (QED) is 0.343. The minimum Gasteiger partial charge on any atom is -0.457 e. The van der Waals surface area contributed by atoms with Gasteiger partial charge in [-0.1, -0.05) is 12.1 Å². The molecule has 0 amide bonds. The first-order valence-electron chi connectivity index (χ1n) is 10.9. The Bertz CT molecular complexity index is 1510. The molecule has 0 unspecified atom stereocenters. The van der Waals surface area contributed by atoms with E-state index in [1.54, 1.807) is 69.3 Å². The molecule has 0 saturated carbocycles. The number of nitrogens with one attached hydrogen (secondary N) is 1. The average Bonchev–Trinajstić information content (AvgIpc) is 3.13. The topological polar surface area (TPSA) is 105 Å². The Morgan fingerprint density at radius 1 is 1.03 bits per heavy atom. The van der Waals surface area contributed by atoms with E-state index in [1.165, 1.54) is 0 Å². The Labute approximate surface area is 207 Å². The predicted molar refractivity (Wildman–Crippen MR) is 131 cm³/mol. The highest BCUT2D eigenvalue weighted by Gasteiger charge is 2.39. The first-order valence-corrected chi connectivity index (χ1v) is 11.7.